The van der Waals surface area contributed by atoms with Crippen molar-refractivity contribution in [2.75, 3.05) is 19.1 Å². The number of hydrogen-bond donors (Lipinski definition) is 0. The van der Waals surface area contributed by atoms with Crippen LogP contribution in [0, 0.1) is 0 Å². The standard InChI is InChI=1S/C21H31ClO4/c1-2-3-4-5-6-7-8-9-12-16-25-20(23)18-13-10-11-14-19(18)21(24)26-17-15-22/h10-11,13-14H,2-9,12,15-17H2,1H3. The Morgan fingerprint density at radius 3 is 1.73 bits per heavy atom. The van der Waals surface area contributed by atoms with Gasteiger partial charge in [-0.1, -0.05) is 70.4 Å². The first-order valence-electron chi connectivity index (χ1n) is 9.70. The maximum Gasteiger partial charge on any atom is 0.339 e. The summed E-state index contributed by atoms with van der Waals surface area (Å²) in [6, 6.07) is 6.53. The summed E-state index contributed by atoms with van der Waals surface area (Å²) in [5.41, 5.74) is 0.456. The minimum absolute atomic E-state index is 0.113. The fourth-order valence-corrected chi connectivity index (χ4v) is 2.78. The molecule has 146 valence electrons. The Bertz CT molecular complexity index is 530. The molecule has 0 heterocycles. The largest absolute Gasteiger partial charge is 0.462 e. The Morgan fingerprint density at radius 2 is 1.23 bits per heavy atom. The summed E-state index contributed by atoms with van der Waals surface area (Å²) >= 11 is 5.52. The van der Waals surface area contributed by atoms with Gasteiger partial charge >= 0.3 is 11.9 Å². The van der Waals surface area contributed by atoms with Gasteiger partial charge in [-0.3, -0.25) is 0 Å². The zero-order valence-electron chi connectivity index (χ0n) is 15.8. The van der Waals surface area contributed by atoms with Crippen LogP contribution in [0.15, 0.2) is 24.3 Å². The highest BCUT2D eigenvalue weighted by atomic mass is 35.5. The molecular weight excluding hydrogens is 352 g/mol. The Balaban J connectivity index is 2.26. The van der Waals surface area contributed by atoms with Crippen LogP contribution in [-0.2, 0) is 9.47 Å². The molecule has 0 saturated carbocycles. The molecule has 26 heavy (non-hydrogen) atoms. The normalized spacial score (nSPS) is 10.5. The average molecular weight is 383 g/mol. The van der Waals surface area contributed by atoms with E-state index < -0.39 is 11.9 Å². The first-order valence-corrected chi connectivity index (χ1v) is 10.2. The zero-order chi connectivity index (χ0) is 19.0. The van der Waals surface area contributed by atoms with Crippen LogP contribution >= 0.6 is 11.6 Å². The summed E-state index contributed by atoms with van der Waals surface area (Å²) in [4.78, 5) is 24.2. The minimum Gasteiger partial charge on any atom is -0.462 e. The third kappa shape index (κ3) is 9.23. The van der Waals surface area contributed by atoms with Crippen LogP contribution in [0.25, 0.3) is 0 Å². The number of hydrogen-bond acceptors (Lipinski definition) is 4. The SMILES string of the molecule is CCCCCCCCCCCOC(=O)c1ccccc1C(=O)OCCCl. The lowest BCUT2D eigenvalue weighted by atomic mass is 10.1. The van der Waals surface area contributed by atoms with Gasteiger partial charge in [-0.05, 0) is 18.6 Å². The number of unbranched alkanes of at least 4 members (excludes halogenated alkanes) is 8. The van der Waals surface area contributed by atoms with Gasteiger partial charge in [-0.25, -0.2) is 9.59 Å². The van der Waals surface area contributed by atoms with Gasteiger partial charge < -0.3 is 9.47 Å². The van der Waals surface area contributed by atoms with Crippen LogP contribution in [0.2, 0.25) is 0 Å². The third-order valence-electron chi connectivity index (χ3n) is 4.16. The number of carbonyl (C=O) groups excluding carboxylic acids is 2. The molecule has 0 spiro atoms. The van der Waals surface area contributed by atoms with E-state index in [2.05, 4.69) is 6.92 Å². The van der Waals surface area contributed by atoms with E-state index in [0.717, 1.165) is 12.8 Å². The number of carbonyl (C=O) groups is 2. The lowest BCUT2D eigenvalue weighted by Gasteiger charge is -2.09. The van der Waals surface area contributed by atoms with Gasteiger partial charge in [0.15, 0.2) is 0 Å². The van der Waals surface area contributed by atoms with Crippen molar-refractivity contribution < 1.29 is 19.1 Å². The van der Waals surface area contributed by atoms with Crippen LogP contribution in [0.5, 0.6) is 0 Å². The van der Waals surface area contributed by atoms with Crippen LogP contribution < -0.4 is 0 Å². The molecule has 0 saturated heterocycles. The number of benzene rings is 1. The molecule has 1 rings (SSSR count). The Morgan fingerprint density at radius 1 is 0.769 bits per heavy atom. The van der Waals surface area contributed by atoms with Gasteiger partial charge in [0.1, 0.15) is 6.61 Å². The molecular formula is C21H31ClO4. The molecule has 0 bridgehead atoms. The van der Waals surface area contributed by atoms with Crippen LogP contribution in [0.4, 0.5) is 0 Å². The van der Waals surface area contributed by atoms with Gasteiger partial charge in [0, 0.05) is 0 Å². The molecule has 0 atom stereocenters. The van der Waals surface area contributed by atoms with Crippen molar-refractivity contribution in [3.8, 4) is 0 Å². The van der Waals surface area contributed by atoms with E-state index in [4.69, 9.17) is 21.1 Å². The van der Waals surface area contributed by atoms with Gasteiger partial charge in [-0.2, -0.15) is 0 Å². The molecule has 0 aliphatic heterocycles. The van der Waals surface area contributed by atoms with Crippen molar-refractivity contribution in [2.45, 2.75) is 64.7 Å². The molecule has 0 radical (unpaired) electrons. The quantitative estimate of drug-likeness (QED) is 0.233. The summed E-state index contributed by atoms with van der Waals surface area (Å²) in [7, 11) is 0. The summed E-state index contributed by atoms with van der Waals surface area (Å²) < 4.78 is 10.3. The van der Waals surface area contributed by atoms with Gasteiger partial charge in [0.2, 0.25) is 0 Å². The van der Waals surface area contributed by atoms with Crippen LogP contribution in [-0.4, -0.2) is 31.0 Å². The van der Waals surface area contributed by atoms with Crippen LogP contribution in [0.1, 0.15) is 85.4 Å². The van der Waals surface area contributed by atoms with Gasteiger partial charge in [0.25, 0.3) is 0 Å². The Hall–Kier alpha value is -1.55. The fourth-order valence-electron chi connectivity index (χ4n) is 2.70. The van der Waals surface area contributed by atoms with Crippen molar-refractivity contribution in [1.29, 1.82) is 0 Å². The van der Waals surface area contributed by atoms with Crippen molar-refractivity contribution >= 4 is 23.5 Å². The van der Waals surface area contributed by atoms with E-state index in [0.29, 0.717) is 6.61 Å². The smallest absolute Gasteiger partial charge is 0.339 e. The predicted molar refractivity (Wildman–Crippen MR) is 105 cm³/mol. The molecule has 0 unspecified atom stereocenters. The van der Waals surface area contributed by atoms with E-state index >= 15 is 0 Å². The lowest BCUT2D eigenvalue weighted by molar-refractivity contribution is 0.0463. The number of esters is 2. The highest BCUT2D eigenvalue weighted by Gasteiger charge is 2.18. The topological polar surface area (TPSA) is 52.6 Å². The number of rotatable bonds is 14. The second-order valence-electron chi connectivity index (χ2n) is 6.33. The van der Waals surface area contributed by atoms with Crippen molar-refractivity contribution in [2.24, 2.45) is 0 Å². The second kappa shape index (κ2) is 14.6. The monoisotopic (exact) mass is 382 g/mol. The first-order chi connectivity index (χ1) is 12.7. The van der Waals surface area contributed by atoms with E-state index in [-0.39, 0.29) is 23.6 Å². The molecule has 0 aliphatic rings. The maximum atomic E-state index is 12.2. The van der Waals surface area contributed by atoms with E-state index in [1.165, 1.54) is 44.9 Å². The minimum atomic E-state index is -0.554. The first kappa shape index (κ1) is 22.5. The lowest BCUT2D eigenvalue weighted by Crippen LogP contribution is -2.15. The van der Waals surface area contributed by atoms with E-state index in [1.54, 1.807) is 24.3 Å². The molecule has 4 nitrogen and oxygen atoms in total. The van der Waals surface area contributed by atoms with Crippen molar-refractivity contribution in [3.05, 3.63) is 35.4 Å². The van der Waals surface area contributed by atoms with Crippen LogP contribution in [0.3, 0.4) is 0 Å². The van der Waals surface area contributed by atoms with Crippen molar-refractivity contribution in [3.63, 3.8) is 0 Å². The van der Waals surface area contributed by atoms with Gasteiger partial charge in [-0.15, -0.1) is 11.6 Å². The fraction of sp³-hybridized carbons (Fsp3) is 0.619. The third-order valence-corrected chi connectivity index (χ3v) is 4.31. The molecule has 0 aromatic heterocycles. The van der Waals surface area contributed by atoms with E-state index in [1.807, 2.05) is 0 Å². The summed E-state index contributed by atoms with van der Waals surface area (Å²) in [5, 5.41) is 0. The molecule has 1 aromatic rings. The number of ether oxygens (including phenoxy) is 2. The van der Waals surface area contributed by atoms with E-state index in [9.17, 15) is 9.59 Å². The highest BCUT2D eigenvalue weighted by Crippen LogP contribution is 2.13. The summed E-state index contributed by atoms with van der Waals surface area (Å²) in [5.74, 6) is -0.819. The predicted octanol–water partition coefficient (Wildman–Crippen LogP) is 5.77. The average Bonchev–Trinajstić information content (AvgIpc) is 2.67. The molecule has 0 fully saturated rings. The molecule has 5 heteroatoms. The molecule has 0 aliphatic carbocycles. The van der Waals surface area contributed by atoms with Crippen molar-refractivity contribution in [1.82, 2.24) is 0 Å². The summed E-state index contributed by atoms with van der Waals surface area (Å²) in [6.07, 6.45) is 10.9. The summed E-state index contributed by atoms with van der Waals surface area (Å²) in [6.45, 7) is 2.71. The Labute approximate surface area is 162 Å². The highest BCUT2D eigenvalue weighted by molar-refractivity contribution is 6.18. The number of halogens is 1. The molecule has 0 amide bonds. The number of alkyl halides is 1. The van der Waals surface area contributed by atoms with Gasteiger partial charge in [0.05, 0.1) is 23.6 Å². The zero-order valence-corrected chi connectivity index (χ0v) is 16.6. The molecule has 1 aromatic carbocycles. The Kier molecular flexibility index (Phi) is 12.6. The second-order valence-corrected chi connectivity index (χ2v) is 6.71. The molecule has 0 N–H and O–H groups in total. The maximum absolute atomic E-state index is 12.2.